The number of aldehydes is 1. The third-order valence-corrected chi connectivity index (χ3v) is 2.93. The van der Waals surface area contributed by atoms with Crippen LogP contribution < -0.4 is 5.32 Å². The summed E-state index contributed by atoms with van der Waals surface area (Å²) < 4.78 is 11.1. The standard InChI is InChI=1S/C15H17NO4/c1-10-13(16-11-7-5-4-6-8-11)14(12(18)9-17)20-15(2,3)19-10/h4-9,13-14,16H,1H2,2-3H3. The number of Topliss-reactive ketones (excluding diaryl/α,β-unsaturated/α-hetero) is 1. The van der Waals surface area contributed by atoms with Gasteiger partial charge in [-0.1, -0.05) is 24.8 Å². The molecule has 2 unspecified atom stereocenters. The van der Waals surface area contributed by atoms with Crippen molar-refractivity contribution < 1.29 is 19.1 Å². The number of ketones is 1. The first-order valence-electron chi connectivity index (χ1n) is 6.29. The summed E-state index contributed by atoms with van der Waals surface area (Å²) in [7, 11) is 0. The van der Waals surface area contributed by atoms with Gasteiger partial charge in [0, 0.05) is 19.5 Å². The summed E-state index contributed by atoms with van der Waals surface area (Å²) in [5, 5.41) is 3.10. The maximum atomic E-state index is 11.8. The van der Waals surface area contributed by atoms with Gasteiger partial charge in [0.05, 0.1) is 0 Å². The van der Waals surface area contributed by atoms with E-state index in [1.807, 2.05) is 30.3 Å². The third-order valence-electron chi connectivity index (χ3n) is 2.93. The number of rotatable bonds is 4. The summed E-state index contributed by atoms with van der Waals surface area (Å²) in [6.07, 6.45) is -0.692. The molecule has 0 radical (unpaired) electrons. The molecular formula is C15H17NO4. The van der Waals surface area contributed by atoms with Gasteiger partial charge in [-0.25, -0.2) is 0 Å². The van der Waals surface area contributed by atoms with Crippen LogP contribution in [0.1, 0.15) is 13.8 Å². The largest absolute Gasteiger partial charge is 0.466 e. The monoisotopic (exact) mass is 275 g/mol. The highest BCUT2D eigenvalue weighted by molar-refractivity contribution is 6.27. The Morgan fingerprint density at radius 2 is 2.00 bits per heavy atom. The number of hydrogen-bond acceptors (Lipinski definition) is 5. The first kappa shape index (κ1) is 14.3. The molecule has 106 valence electrons. The molecule has 0 aromatic heterocycles. The van der Waals surface area contributed by atoms with E-state index in [9.17, 15) is 9.59 Å². The Hall–Kier alpha value is -2.14. The van der Waals surface area contributed by atoms with Crippen LogP contribution in [-0.4, -0.2) is 30.0 Å². The number of ether oxygens (including phenoxy) is 2. The predicted molar refractivity (Wildman–Crippen MR) is 74.1 cm³/mol. The van der Waals surface area contributed by atoms with Gasteiger partial charge >= 0.3 is 0 Å². The van der Waals surface area contributed by atoms with E-state index in [0.717, 1.165) is 5.69 Å². The fraction of sp³-hybridized carbons (Fsp3) is 0.333. The second-order valence-corrected chi connectivity index (χ2v) is 5.01. The summed E-state index contributed by atoms with van der Waals surface area (Å²) in [4.78, 5) is 22.6. The Balaban J connectivity index is 2.25. The highest BCUT2D eigenvalue weighted by Gasteiger charge is 2.43. The highest BCUT2D eigenvalue weighted by Crippen LogP contribution is 2.30. The zero-order chi connectivity index (χ0) is 14.8. The molecule has 2 atom stereocenters. The van der Waals surface area contributed by atoms with Crippen LogP contribution in [0, 0.1) is 0 Å². The zero-order valence-electron chi connectivity index (χ0n) is 11.5. The molecule has 0 bridgehead atoms. The number of para-hydroxylation sites is 1. The molecule has 1 fully saturated rings. The van der Waals surface area contributed by atoms with Gasteiger partial charge in [0.15, 0.2) is 12.4 Å². The van der Waals surface area contributed by atoms with Crippen molar-refractivity contribution in [1.29, 1.82) is 0 Å². The van der Waals surface area contributed by atoms with Crippen molar-refractivity contribution in [3.63, 3.8) is 0 Å². The van der Waals surface area contributed by atoms with Crippen LogP contribution in [0.25, 0.3) is 0 Å². The zero-order valence-corrected chi connectivity index (χ0v) is 11.5. The van der Waals surface area contributed by atoms with E-state index in [1.165, 1.54) is 0 Å². The van der Waals surface area contributed by atoms with Gasteiger partial charge in [0.25, 0.3) is 0 Å². The molecule has 0 amide bonds. The molecule has 5 heteroatoms. The summed E-state index contributed by atoms with van der Waals surface area (Å²) >= 11 is 0. The van der Waals surface area contributed by atoms with E-state index in [-0.39, 0.29) is 6.29 Å². The molecular weight excluding hydrogens is 258 g/mol. The van der Waals surface area contributed by atoms with Crippen molar-refractivity contribution in [1.82, 2.24) is 0 Å². The molecule has 5 nitrogen and oxygen atoms in total. The second kappa shape index (κ2) is 5.46. The van der Waals surface area contributed by atoms with Crippen LogP contribution in [-0.2, 0) is 19.1 Å². The molecule has 0 saturated carbocycles. The number of anilines is 1. The highest BCUT2D eigenvalue weighted by atomic mass is 16.7. The number of hydrogen-bond donors (Lipinski definition) is 1. The lowest BCUT2D eigenvalue weighted by molar-refractivity contribution is -0.244. The van der Waals surface area contributed by atoms with E-state index in [1.54, 1.807) is 13.8 Å². The van der Waals surface area contributed by atoms with Gasteiger partial charge in [-0.15, -0.1) is 0 Å². The van der Waals surface area contributed by atoms with Crippen molar-refractivity contribution in [2.75, 3.05) is 5.32 Å². The van der Waals surface area contributed by atoms with Crippen molar-refractivity contribution in [3.05, 3.63) is 42.7 Å². The third kappa shape index (κ3) is 3.05. The quantitative estimate of drug-likeness (QED) is 0.671. The van der Waals surface area contributed by atoms with Crippen LogP contribution >= 0.6 is 0 Å². The van der Waals surface area contributed by atoms with Gasteiger partial charge in [-0.3, -0.25) is 9.59 Å². The van der Waals surface area contributed by atoms with Crippen molar-refractivity contribution in [2.24, 2.45) is 0 Å². The molecule has 1 N–H and O–H groups in total. The van der Waals surface area contributed by atoms with Gasteiger partial charge in [0.1, 0.15) is 11.8 Å². The lowest BCUT2D eigenvalue weighted by Crippen LogP contribution is -2.53. The maximum absolute atomic E-state index is 11.8. The topological polar surface area (TPSA) is 64.6 Å². The molecule has 1 saturated heterocycles. The van der Waals surface area contributed by atoms with Crippen LogP contribution in [0.15, 0.2) is 42.7 Å². The Morgan fingerprint density at radius 3 is 2.60 bits per heavy atom. The van der Waals surface area contributed by atoms with Crippen molar-refractivity contribution in [2.45, 2.75) is 31.8 Å². The van der Waals surface area contributed by atoms with Crippen molar-refractivity contribution in [3.8, 4) is 0 Å². The van der Waals surface area contributed by atoms with Crippen LogP contribution in [0.3, 0.4) is 0 Å². The molecule has 1 heterocycles. The average molecular weight is 275 g/mol. The lowest BCUT2D eigenvalue weighted by Gasteiger charge is -2.41. The fourth-order valence-corrected chi connectivity index (χ4v) is 2.11. The molecule has 2 rings (SSSR count). The van der Waals surface area contributed by atoms with Gasteiger partial charge in [-0.05, 0) is 12.1 Å². The number of nitrogens with one attached hydrogen (secondary N) is 1. The lowest BCUT2D eigenvalue weighted by atomic mass is 10.0. The minimum absolute atomic E-state index is 0.263. The van der Waals surface area contributed by atoms with Gasteiger partial charge in [0.2, 0.25) is 11.6 Å². The molecule has 0 aliphatic carbocycles. The predicted octanol–water partition coefficient (Wildman–Crippen LogP) is 1.90. The molecule has 1 aliphatic rings. The second-order valence-electron chi connectivity index (χ2n) is 5.01. The average Bonchev–Trinajstić information content (AvgIpc) is 2.41. The first-order chi connectivity index (χ1) is 9.43. The van der Waals surface area contributed by atoms with E-state index in [2.05, 4.69) is 11.9 Å². The van der Waals surface area contributed by atoms with E-state index in [4.69, 9.17) is 9.47 Å². The summed E-state index contributed by atoms with van der Waals surface area (Å²) in [5.41, 5.74) is 0.786. The van der Waals surface area contributed by atoms with E-state index in [0.29, 0.717) is 5.76 Å². The molecule has 20 heavy (non-hydrogen) atoms. The minimum Gasteiger partial charge on any atom is -0.466 e. The van der Waals surface area contributed by atoms with Gasteiger partial charge < -0.3 is 14.8 Å². The molecule has 0 spiro atoms. The Kier molecular flexibility index (Phi) is 3.90. The number of benzene rings is 1. The van der Waals surface area contributed by atoms with Crippen LogP contribution in [0.4, 0.5) is 5.69 Å². The Morgan fingerprint density at radius 1 is 1.35 bits per heavy atom. The smallest absolute Gasteiger partial charge is 0.226 e. The van der Waals surface area contributed by atoms with E-state index >= 15 is 0 Å². The summed E-state index contributed by atoms with van der Waals surface area (Å²) in [5.74, 6) is -1.27. The van der Waals surface area contributed by atoms with Gasteiger partial charge in [-0.2, -0.15) is 0 Å². The first-order valence-corrected chi connectivity index (χ1v) is 6.29. The summed E-state index contributed by atoms with van der Waals surface area (Å²) in [6.45, 7) is 7.16. The molecule has 1 aliphatic heterocycles. The van der Waals surface area contributed by atoms with Crippen LogP contribution in [0.5, 0.6) is 0 Å². The summed E-state index contributed by atoms with van der Waals surface area (Å²) in [6, 6.07) is 8.67. The SMILES string of the molecule is C=C1OC(C)(C)OC(C(=O)C=O)C1Nc1ccccc1. The Labute approximate surface area is 117 Å². The number of carbonyl (C=O) groups excluding carboxylic acids is 2. The van der Waals surface area contributed by atoms with Crippen LogP contribution in [0.2, 0.25) is 0 Å². The normalized spacial score (nSPS) is 24.6. The van der Waals surface area contributed by atoms with Crippen molar-refractivity contribution >= 4 is 17.8 Å². The minimum atomic E-state index is -0.991. The molecule has 1 aromatic rings. The van der Waals surface area contributed by atoms with E-state index < -0.39 is 23.7 Å². The molecule has 1 aromatic carbocycles. The number of carbonyl (C=O) groups is 2. The maximum Gasteiger partial charge on any atom is 0.226 e. The Bertz CT molecular complexity index is 524. The fourth-order valence-electron chi connectivity index (χ4n) is 2.11.